The number of aliphatic hydroxyl groups is 1. The molecule has 0 bridgehead atoms. The molecular formula is C16H32IN5O. The van der Waals surface area contributed by atoms with Crippen molar-refractivity contribution in [1.82, 2.24) is 20.4 Å². The molecule has 1 atom stereocenters. The third kappa shape index (κ3) is 8.55. The predicted molar refractivity (Wildman–Crippen MR) is 106 cm³/mol. The Hall–Kier alpha value is -0.830. The van der Waals surface area contributed by atoms with E-state index in [2.05, 4.69) is 27.6 Å². The van der Waals surface area contributed by atoms with Gasteiger partial charge in [-0.15, -0.1) is 24.0 Å². The number of aliphatic imine (C=N–C) groups is 1. The molecule has 0 saturated heterocycles. The highest BCUT2D eigenvalue weighted by Gasteiger charge is 2.24. The number of nitrogens with zero attached hydrogens (tertiary/aromatic N) is 3. The highest BCUT2D eigenvalue weighted by Crippen LogP contribution is 2.19. The summed E-state index contributed by atoms with van der Waals surface area (Å²) < 4.78 is 1.69. The van der Waals surface area contributed by atoms with E-state index >= 15 is 0 Å². The smallest absolute Gasteiger partial charge is 0.191 e. The molecule has 1 unspecified atom stereocenters. The standard InChI is InChI=1S/C16H31N5O.HI/c1-5-7-8-9-10-18-15(17-6-2)19-13-16(3,22)14-11-20-21(4)12-14;/h11-12,22H,5-10,13H2,1-4H3,(H2,17,18,19);1H. The van der Waals surface area contributed by atoms with E-state index in [0.717, 1.165) is 31.0 Å². The lowest BCUT2D eigenvalue weighted by atomic mass is 10.0. The number of guanidine groups is 1. The lowest BCUT2D eigenvalue weighted by Gasteiger charge is -2.20. The van der Waals surface area contributed by atoms with Crippen LogP contribution in [0.4, 0.5) is 0 Å². The molecule has 1 aromatic rings. The highest BCUT2D eigenvalue weighted by molar-refractivity contribution is 14.0. The average Bonchev–Trinajstić information content (AvgIpc) is 2.92. The van der Waals surface area contributed by atoms with E-state index in [-0.39, 0.29) is 24.0 Å². The third-order valence-corrected chi connectivity index (χ3v) is 3.54. The van der Waals surface area contributed by atoms with Gasteiger partial charge in [0.1, 0.15) is 5.60 Å². The van der Waals surface area contributed by atoms with Crippen LogP contribution in [0.3, 0.4) is 0 Å². The first-order chi connectivity index (χ1) is 10.5. The molecule has 0 aromatic carbocycles. The van der Waals surface area contributed by atoms with Gasteiger partial charge in [-0.05, 0) is 20.3 Å². The average molecular weight is 437 g/mol. The van der Waals surface area contributed by atoms with E-state index in [1.54, 1.807) is 17.8 Å². The lowest BCUT2D eigenvalue weighted by Crippen LogP contribution is -2.39. The Morgan fingerprint density at radius 2 is 2.04 bits per heavy atom. The van der Waals surface area contributed by atoms with Gasteiger partial charge in [0.25, 0.3) is 0 Å². The predicted octanol–water partition coefficient (Wildman–Crippen LogP) is 2.38. The first kappa shape index (κ1) is 22.2. The van der Waals surface area contributed by atoms with Gasteiger partial charge < -0.3 is 15.7 Å². The van der Waals surface area contributed by atoms with E-state index < -0.39 is 5.60 Å². The maximum Gasteiger partial charge on any atom is 0.191 e. The molecule has 0 aliphatic rings. The second-order valence-corrected chi connectivity index (χ2v) is 5.86. The molecule has 1 rings (SSSR count). The monoisotopic (exact) mass is 437 g/mol. The van der Waals surface area contributed by atoms with E-state index in [1.165, 1.54) is 19.3 Å². The van der Waals surface area contributed by atoms with E-state index in [1.807, 2.05) is 20.2 Å². The first-order valence-electron chi connectivity index (χ1n) is 8.23. The molecule has 0 radical (unpaired) electrons. The van der Waals surface area contributed by atoms with Crippen LogP contribution < -0.4 is 10.6 Å². The molecule has 134 valence electrons. The number of aryl methyl sites for hydroxylation is 1. The van der Waals surface area contributed by atoms with Gasteiger partial charge in [0, 0.05) is 31.9 Å². The molecule has 23 heavy (non-hydrogen) atoms. The molecule has 0 amide bonds. The van der Waals surface area contributed by atoms with Crippen molar-refractivity contribution >= 4 is 29.9 Å². The summed E-state index contributed by atoms with van der Waals surface area (Å²) in [5.41, 5.74) is -0.240. The number of hydrogen-bond donors (Lipinski definition) is 3. The van der Waals surface area contributed by atoms with E-state index in [4.69, 9.17) is 0 Å². The fourth-order valence-corrected chi connectivity index (χ4v) is 2.12. The SMILES string of the molecule is CCCCCCNC(=NCC(C)(O)c1cnn(C)c1)NCC.I. The fourth-order valence-electron chi connectivity index (χ4n) is 2.12. The van der Waals surface area contributed by atoms with Crippen LogP contribution in [0, 0.1) is 0 Å². The number of halogens is 1. The van der Waals surface area contributed by atoms with Crippen LogP contribution >= 0.6 is 24.0 Å². The molecule has 0 saturated carbocycles. The molecule has 0 spiro atoms. The number of hydrogen-bond acceptors (Lipinski definition) is 3. The molecule has 3 N–H and O–H groups in total. The Kier molecular flexibility index (Phi) is 11.2. The van der Waals surface area contributed by atoms with Crippen molar-refractivity contribution in [2.45, 2.75) is 52.1 Å². The number of unbranched alkanes of at least 4 members (excludes halogenated alkanes) is 3. The van der Waals surface area contributed by atoms with Crippen molar-refractivity contribution in [1.29, 1.82) is 0 Å². The summed E-state index contributed by atoms with van der Waals surface area (Å²) in [6.45, 7) is 8.00. The minimum atomic E-state index is -1.02. The van der Waals surface area contributed by atoms with Gasteiger partial charge >= 0.3 is 0 Å². The zero-order valence-electron chi connectivity index (χ0n) is 14.8. The van der Waals surface area contributed by atoms with Gasteiger partial charge in [0.05, 0.1) is 12.7 Å². The summed E-state index contributed by atoms with van der Waals surface area (Å²) in [6, 6.07) is 0. The van der Waals surface area contributed by atoms with Crippen LogP contribution in [0.25, 0.3) is 0 Å². The second-order valence-electron chi connectivity index (χ2n) is 5.86. The molecular weight excluding hydrogens is 405 g/mol. The normalized spacial score (nSPS) is 14.0. The highest BCUT2D eigenvalue weighted by atomic mass is 127. The Balaban J connectivity index is 0.00000484. The fraction of sp³-hybridized carbons (Fsp3) is 0.750. The van der Waals surface area contributed by atoms with Gasteiger partial charge in [-0.1, -0.05) is 26.2 Å². The van der Waals surface area contributed by atoms with Crippen LogP contribution in [0.2, 0.25) is 0 Å². The Labute approximate surface area is 157 Å². The van der Waals surface area contributed by atoms with Gasteiger partial charge in [0.2, 0.25) is 0 Å². The summed E-state index contributed by atoms with van der Waals surface area (Å²) in [5.74, 6) is 0.753. The molecule has 6 nitrogen and oxygen atoms in total. The molecule has 0 fully saturated rings. The zero-order chi connectivity index (χ0) is 16.4. The largest absolute Gasteiger partial charge is 0.383 e. The van der Waals surface area contributed by atoms with E-state index in [9.17, 15) is 5.11 Å². The summed E-state index contributed by atoms with van der Waals surface area (Å²) in [4.78, 5) is 4.50. The van der Waals surface area contributed by atoms with Crippen LogP contribution in [-0.2, 0) is 12.6 Å². The number of nitrogens with one attached hydrogen (secondary N) is 2. The topological polar surface area (TPSA) is 74.5 Å². The Morgan fingerprint density at radius 1 is 1.30 bits per heavy atom. The summed E-state index contributed by atoms with van der Waals surface area (Å²) in [5, 5.41) is 21.2. The van der Waals surface area contributed by atoms with Gasteiger partial charge in [-0.3, -0.25) is 4.68 Å². The maximum atomic E-state index is 10.5. The Bertz CT molecular complexity index is 459. The quantitative estimate of drug-likeness (QED) is 0.240. The van der Waals surface area contributed by atoms with Crippen LogP contribution in [-0.4, -0.2) is 40.5 Å². The maximum absolute atomic E-state index is 10.5. The van der Waals surface area contributed by atoms with Gasteiger partial charge in [0.15, 0.2) is 5.96 Å². The van der Waals surface area contributed by atoms with E-state index in [0.29, 0.717) is 6.54 Å². The molecule has 1 aromatic heterocycles. The minimum absolute atomic E-state index is 0. The third-order valence-electron chi connectivity index (χ3n) is 3.54. The lowest BCUT2D eigenvalue weighted by molar-refractivity contribution is 0.0672. The van der Waals surface area contributed by atoms with Crippen LogP contribution in [0.1, 0.15) is 52.0 Å². The zero-order valence-corrected chi connectivity index (χ0v) is 17.1. The molecule has 1 heterocycles. The van der Waals surface area contributed by atoms with Crippen LogP contribution in [0.5, 0.6) is 0 Å². The second kappa shape index (κ2) is 11.7. The van der Waals surface area contributed by atoms with Crippen molar-refractivity contribution < 1.29 is 5.11 Å². The number of rotatable bonds is 9. The van der Waals surface area contributed by atoms with Gasteiger partial charge in [-0.25, -0.2) is 4.99 Å². The summed E-state index contributed by atoms with van der Waals surface area (Å²) >= 11 is 0. The summed E-state index contributed by atoms with van der Waals surface area (Å²) in [6.07, 6.45) is 8.38. The first-order valence-corrected chi connectivity index (χ1v) is 8.23. The molecule has 7 heteroatoms. The van der Waals surface area contributed by atoms with Crippen molar-refractivity contribution in [2.24, 2.45) is 12.0 Å². The minimum Gasteiger partial charge on any atom is -0.383 e. The van der Waals surface area contributed by atoms with Crippen LogP contribution in [0.15, 0.2) is 17.4 Å². The van der Waals surface area contributed by atoms with Crippen molar-refractivity contribution in [3.63, 3.8) is 0 Å². The Morgan fingerprint density at radius 3 is 2.61 bits per heavy atom. The molecule has 0 aliphatic carbocycles. The van der Waals surface area contributed by atoms with Crippen molar-refractivity contribution in [2.75, 3.05) is 19.6 Å². The van der Waals surface area contributed by atoms with Gasteiger partial charge in [-0.2, -0.15) is 5.10 Å². The number of aromatic nitrogens is 2. The molecule has 0 aliphatic heterocycles. The van der Waals surface area contributed by atoms with Crippen molar-refractivity contribution in [3.05, 3.63) is 18.0 Å². The van der Waals surface area contributed by atoms with Crippen molar-refractivity contribution in [3.8, 4) is 0 Å². The summed E-state index contributed by atoms with van der Waals surface area (Å²) in [7, 11) is 1.84.